The molecule has 0 saturated carbocycles. The highest BCUT2D eigenvalue weighted by molar-refractivity contribution is 5.85. The number of aryl methyl sites for hydroxylation is 1. The van der Waals surface area contributed by atoms with Gasteiger partial charge in [-0.05, 0) is 32.3 Å². The summed E-state index contributed by atoms with van der Waals surface area (Å²) in [7, 11) is 1.32. The smallest absolute Gasteiger partial charge is 0.410 e. The minimum Gasteiger partial charge on any atom is -0.453 e. The third-order valence-electron chi connectivity index (χ3n) is 4.37. The molecule has 0 unspecified atom stereocenters. The first-order valence-electron chi connectivity index (χ1n) is 8.60. The average molecular weight is 358 g/mol. The molecule has 1 aromatic heterocycles. The van der Waals surface area contributed by atoms with E-state index in [1.807, 2.05) is 31.2 Å². The maximum atomic E-state index is 12.5. The second-order valence-corrected chi connectivity index (χ2v) is 6.27. The Balaban J connectivity index is 1.62. The number of likely N-dealkylation sites (tertiary alicyclic amines) is 1. The number of hydrogen-bond donors (Lipinski definition) is 1. The van der Waals surface area contributed by atoms with Crippen LogP contribution >= 0.6 is 0 Å². The van der Waals surface area contributed by atoms with Crippen LogP contribution in [0.1, 0.15) is 30.7 Å². The van der Waals surface area contributed by atoms with Crippen LogP contribution < -0.4 is 5.32 Å². The van der Waals surface area contributed by atoms with E-state index in [9.17, 15) is 9.59 Å². The van der Waals surface area contributed by atoms with E-state index in [1.54, 1.807) is 0 Å². The van der Waals surface area contributed by atoms with E-state index in [2.05, 4.69) is 15.5 Å². The van der Waals surface area contributed by atoms with Crippen LogP contribution in [0.2, 0.25) is 0 Å². The lowest BCUT2D eigenvalue weighted by atomic mass is 10.0. The quantitative estimate of drug-likeness (QED) is 0.900. The Kier molecular flexibility index (Phi) is 5.50. The van der Waals surface area contributed by atoms with Crippen LogP contribution in [0.5, 0.6) is 0 Å². The van der Waals surface area contributed by atoms with Crippen molar-refractivity contribution in [2.75, 3.05) is 13.7 Å². The summed E-state index contributed by atoms with van der Waals surface area (Å²) in [6, 6.07) is 7.24. The lowest BCUT2D eigenvalue weighted by Gasteiger charge is -2.33. The van der Waals surface area contributed by atoms with Gasteiger partial charge in [-0.15, -0.1) is 0 Å². The van der Waals surface area contributed by atoms with Crippen LogP contribution in [0.4, 0.5) is 4.79 Å². The largest absolute Gasteiger partial charge is 0.453 e. The van der Waals surface area contributed by atoms with Gasteiger partial charge in [-0.25, -0.2) is 4.79 Å². The Labute approximate surface area is 151 Å². The van der Waals surface area contributed by atoms with Gasteiger partial charge < -0.3 is 14.6 Å². The number of nitrogens with one attached hydrogen (secondary N) is 1. The predicted octanol–water partition coefficient (Wildman–Crippen LogP) is 2.28. The molecule has 2 amide bonds. The Morgan fingerprint density at radius 3 is 3.00 bits per heavy atom. The minimum atomic E-state index is -0.532. The number of piperidine rings is 1. The van der Waals surface area contributed by atoms with Crippen molar-refractivity contribution in [3.05, 3.63) is 35.7 Å². The molecule has 1 fully saturated rings. The van der Waals surface area contributed by atoms with E-state index < -0.39 is 12.1 Å². The van der Waals surface area contributed by atoms with Gasteiger partial charge in [0, 0.05) is 12.1 Å². The topological polar surface area (TPSA) is 97.6 Å². The molecule has 0 bridgehead atoms. The molecule has 26 heavy (non-hydrogen) atoms. The normalized spacial score (nSPS) is 17.0. The number of benzene rings is 1. The molecular formula is C18H22N4O4. The van der Waals surface area contributed by atoms with Crippen LogP contribution in [-0.2, 0) is 16.1 Å². The molecule has 1 aliphatic heterocycles. The van der Waals surface area contributed by atoms with E-state index in [1.165, 1.54) is 12.0 Å². The second-order valence-electron chi connectivity index (χ2n) is 6.27. The van der Waals surface area contributed by atoms with Crippen LogP contribution in [0.3, 0.4) is 0 Å². The highest BCUT2D eigenvalue weighted by Crippen LogP contribution is 2.19. The summed E-state index contributed by atoms with van der Waals surface area (Å²) in [5.74, 6) is 0.549. The fourth-order valence-corrected chi connectivity index (χ4v) is 3.05. The molecule has 0 aliphatic carbocycles. The van der Waals surface area contributed by atoms with Gasteiger partial charge in [-0.3, -0.25) is 9.69 Å². The van der Waals surface area contributed by atoms with Crippen molar-refractivity contribution < 1.29 is 18.8 Å². The summed E-state index contributed by atoms with van der Waals surface area (Å²) in [5, 5.41) is 6.72. The standard InChI is InChI=1S/C18H22N4O4/c1-12-6-5-7-13(10-12)16-20-15(26-21-16)11-19-17(23)14-8-3-4-9-22(14)18(24)25-2/h5-7,10,14H,3-4,8-9,11H2,1-2H3,(H,19,23)/t14-/m0/s1. The van der Waals surface area contributed by atoms with E-state index in [0.717, 1.165) is 24.0 Å². The minimum absolute atomic E-state index is 0.114. The average Bonchev–Trinajstić information content (AvgIpc) is 3.14. The number of carbonyl (C=O) groups excluding carboxylic acids is 2. The van der Waals surface area contributed by atoms with Crippen LogP contribution in [-0.4, -0.2) is 46.7 Å². The summed E-state index contributed by atoms with van der Waals surface area (Å²) in [6.45, 7) is 2.62. The fraction of sp³-hybridized carbons (Fsp3) is 0.444. The number of nitrogens with zero attached hydrogens (tertiary/aromatic N) is 3. The number of carbonyl (C=O) groups is 2. The zero-order chi connectivity index (χ0) is 18.5. The van der Waals surface area contributed by atoms with Crippen LogP contribution in [0, 0.1) is 6.92 Å². The molecule has 1 aliphatic rings. The summed E-state index contributed by atoms with van der Waals surface area (Å²) >= 11 is 0. The zero-order valence-corrected chi connectivity index (χ0v) is 14.9. The van der Waals surface area contributed by atoms with E-state index in [4.69, 9.17) is 9.26 Å². The van der Waals surface area contributed by atoms with Gasteiger partial charge in [0.2, 0.25) is 17.6 Å². The molecule has 3 rings (SSSR count). The molecule has 138 valence electrons. The number of amides is 2. The van der Waals surface area contributed by atoms with Crippen LogP contribution in [0.25, 0.3) is 11.4 Å². The Hall–Kier alpha value is -2.90. The van der Waals surface area contributed by atoms with Gasteiger partial charge in [0.05, 0.1) is 13.7 Å². The first-order valence-corrected chi connectivity index (χ1v) is 8.60. The molecular weight excluding hydrogens is 336 g/mol. The van der Waals surface area contributed by atoms with Gasteiger partial charge in [-0.1, -0.05) is 28.9 Å². The van der Waals surface area contributed by atoms with Crippen molar-refractivity contribution in [3.8, 4) is 11.4 Å². The highest BCUT2D eigenvalue weighted by atomic mass is 16.5. The molecule has 8 nitrogen and oxygen atoms in total. The summed E-state index contributed by atoms with van der Waals surface area (Å²) in [5.41, 5.74) is 1.96. The zero-order valence-electron chi connectivity index (χ0n) is 14.9. The van der Waals surface area contributed by atoms with Crippen molar-refractivity contribution in [2.24, 2.45) is 0 Å². The first kappa shape index (κ1) is 17.9. The molecule has 1 N–H and O–H groups in total. The van der Waals surface area contributed by atoms with Crippen molar-refractivity contribution in [2.45, 2.75) is 38.8 Å². The Morgan fingerprint density at radius 1 is 1.38 bits per heavy atom. The maximum absolute atomic E-state index is 12.5. The molecule has 2 aromatic rings. The van der Waals surface area contributed by atoms with E-state index in [-0.39, 0.29) is 12.5 Å². The fourth-order valence-electron chi connectivity index (χ4n) is 3.05. The van der Waals surface area contributed by atoms with Gasteiger partial charge >= 0.3 is 6.09 Å². The summed E-state index contributed by atoms with van der Waals surface area (Å²) < 4.78 is 9.97. The lowest BCUT2D eigenvalue weighted by Crippen LogP contribution is -2.51. The molecule has 1 atom stereocenters. The lowest BCUT2D eigenvalue weighted by molar-refractivity contribution is -0.127. The Morgan fingerprint density at radius 2 is 2.23 bits per heavy atom. The second kappa shape index (κ2) is 7.99. The number of rotatable bonds is 4. The van der Waals surface area contributed by atoms with Gasteiger partial charge in [0.25, 0.3) is 0 Å². The van der Waals surface area contributed by atoms with Crippen molar-refractivity contribution in [1.29, 1.82) is 0 Å². The first-order chi connectivity index (χ1) is 12.6. The molecule has 2 heterocycles. The van der Waals surface area contributed by atoms with Crippen molar-refractivity contribution >= 4 is 12.0 Å². The van der Waals surface area contributed by atoms with Crippen molar-refractivity contribution in [3.63, 3.8) is 0 Å². The van der Waals surface area contributed by atoms with E-state index in [0.29, 0.717) is 24.7 Å². The molecule has 8 heteroatoms. The number of ether oxygens (including phenoxy) is 1. The van der Waals surface area contributed by atoms with Gasteiger partial charge in [0.15, 0.2) is 0 Å². The molecule has 1 aromatic carbocycles. The summed E-state index contributed by atoms with van der Waals surface area (Å²) in [4.78, 5) is 30.1. The SMILES string of the molecule is COC(=O)N1CCCC[C@H]1C(=O)NCc1nc(-c2cccc(C)c2)no1. The number of aromatic nitrogens is 2. The van der Waals surface area contributed by atoms with Crippen molar-refractivity contribution in [1.82, 2.24) is 20.4 Å². The maximum Gasteiger partial charge on any atom is 0.410 e. The predicted molar refractivity (Wildman–Crippen MR) is 93.1 cm³/mol. The number of hydrogen-bond acceptors (Lipinski definition) is 6. The monoisotopic (exact) mass is 358 g/mol. The molecule has 0 radical (unpaired) electrons. The highest BCUT2D eigenvalue weighted by Gasteiger charge is 2.32. The summed E-state index contributed by atoms with van der Waals surface area (Å²) in [6.07, 6.45) is 1.88. The van der Waals surface area contributed by atoms with E-state index >= 15 is 0 Å². The van der Waals surface area contributed by atoms with Gasteiger partial charge in [0.1, 0.15) is 6.04 Å². The Bertz CT molecular complexity index is 789. The third-order valence-corrected chi connectivity index (χ3v) is 4.37. The third kappa shape index (κ3) is 4.01. The van der Waals surface area contributed by atoms with Gasteiger partial charge in [-0.2, -0.15) is 4.98 Å². The molecule has 0 spiro atoms. The van der Waals surface area contributed by atoms with Crippen LogP contribution in [0.15, 0.2) is 28.8 Å². The number of methoxy groups -OCH3 is 1. The molecule has 1 saturated heterocycles.